The highest BCUT2D eigenvalue weighted by molar-refractivity contribution is 5.17. The second kappa shape index (κ2) is 6.15. The lowest BCUT2D eigenvalue weighted by molar-refractivity contribution is 0.378. The number of hydrogen-bond donors (Lipinski definition) is 0. The molecule has 0 radical (unpaired) electrons. The van der Waals surface area contributed by atoms with Gasteiger partial charge in [-0.25, -0.2) is 0 Å². The van der Waals surface area contributed by atoms with E-state index in [0.29, 0.717) is 17.8 Å². The lowest BCUT2D eigenvalue weighted by Gasteiger charge is -2.24. The van der Waals surface area contributed by atoms with E-state index in [2.05, 4.69) is 63.8 Å². The van der Waals surface area contributed by atoms with Gasteiger partial charge in [-0.05, 0) is 37.6 Å². The molecule has 0 bridgehead atoms. The summed E-state index contributed by atoms with van der Waals surface area (Å²) in [5, 5.41) is 0. The normalized spacial score (nSPS) is 12.1. The first kappa shape index (κ1) is 14.2. The largest absolute Gasteiger partial charge is 0.305 e. The van der Waals surface area contributed by atoms with Crippen LogP contribution in [0.5, 0.6) is 0 Å². The van der Waals surface area contributed by atoms with E-state index in [1.165, 1.54) is 11.3 Å². The van der Waals surface area contributed by atoms with Crippen LogP contribution in [0.25, 0.3) is 0 Å². The molecule has 0 N–H and O–H groups in total. The third-order valence-electron chi connectivity index (χ3n) is 3.12. The molecule has 0 saturated heterocycles. The number of hydrogen-bond acceptors (Lipinski definition) is 2. The molecule has 0 fully saturated rings. The second-order valence-corrected chi connectivity index (χ2v) is 5.84. The van der Waals surface area contributed by atoms with Crippen molar-refractivity contribution in [1.29, 1.82) is 0 Å². The molecule has 17 heavy (non-hydrogen) atoms. The summed E-state index contributed by atoms with van der Waals surface area (Å²) in [4.78, 5) is 6.81. The zero-order chi connectivity index (χ0) is 13.0. The summed E-state index contributed by atoms with van der Waals surface area (Å²) in [7, 11) is 4.16. The Hall–Kier alpha value is -0.890. The van der Waals surface area contributed by atoms with Gasteiger partial charge < -0.3 is 4.90 Å². The molecule has 0 aliphatic rings. The average molecular weight is 234 g/mol. The smallest absolute Gasteiger partial charge is 0.0439 e. The lowest BCUT2D eigenvalue weighted by atomic mass is 9.82. The first-order valence-electron chi connectivity index (χ1n) is 6.51. The maximum Gasteiger partial charge on any atom is 0.0439 e. The summed E-state index contributed by atoms with van der Waals surface area (Å²) in [5.74, 6) is 1.84. The first-order chi connectivity index (χ1) is 7.91. The molecule has 0 aromatic carbocycles. The minimum atomic E-state index is 0.559. The van der Waals surface area contributed by atoms with E-state index >= 15 is 0 Å². The van der Waals surface area contributed by atoms with Crippen LogP contribution in [0, 0.1) is 11.8 Å². The highest BCUT2D eigenvalue weighted by atomic mass is 15.0. The van der Waals surface area contributed by atoms with Crippen molar-refractivity contribution in [3.05, 3.63) is 29.6 Å². The maximum absolute atomic E-state index is 4.65. The highest BCUT2D eigenvalue weighted by Crippen LogP contribution is 2.30. The predicted molar refractivity (Wildman–Crippen MR) is 74.0 cm³/mol. The monoisotopic (exact) mass is 234 g/mol. The van der Waals surface area contributed by atoms with Crippen molar-refractivity contribution in [3.8, 4) is 0 Å². The molecule has 1 aromatic rings. The molecule has 1 rings (SSSR count). The SMILES string of the molecule is CC(C)C(c1ccc(CN(C)C)cn1)C(C)C. The zero-order valence-electron chi connectivity index (χ0n) is 12.1. The molecular formula is C15H26N2. The van der Waals surface area contributed by atoms with E-state index in [0.717, 1.165) is 6.54 Å². The first-order valence-corrected chi connectivity index (χ1v) is 6.51. The van der Waals surface area contributed by atoms with Crippen molar-refractivity contribution in [2.24, 2.45) is 11.8 Å². The molecule has 0 atom stereocenters. The summed E-state index contributed by atoms with van der Waals surface area (Å²) in [6.07, 6.45) is 2.02. The van der Waals surface area contributed by atoms with Gasteiger partial charge in [0.25, 0.3) is 0 Å². The molecule has 1 aromatic heterocycles. The summed E-state index contributed by atoms with van der Waals surface area (Å²) < 4.78 is 0. The van der Waals surface area contributed by atoms with Gasteiger partial charge in [0.15, 0.2) is 0 Å². The number of aromatic nitrogens is 1. The summed E-state index contributed by atoms with van der Waals surface area (Å²) in [5.41, 5.74) is 2.52. The minimum absolute atomic E-state index is 0.559. The van der Waals surface area contributed by atoms with Crippen LogP contribution in [0.3, 0.4) is 0 Å². The molecule has 96 valence electrons. The Morgan fingerprint density at radius 3 is 2.00 bits per heavy atom. The van der Waals surface area contributed by atoms with Gasteiger partial charge in [-0.1, -0.05) is 33.8 Å². The lowest BCUT2D eigenvalue weighted by Crippen LogP contribution is -2.16. The average Bonchev–Trinajstić information content (AvgIpc) is 2.18. The van der Waals surface area contributed by atoms with E-state index < -0.39 is 0 Å². The maximum atomic E-state index is 4.65. The van der Waals surface area contributed by atoms with Gasteiger partial charge in [0.2, 0.25) is 0 Å². The van der Waals surface area contributed by atoms with Crippen LogP contribution < -0.4 is 0 Å². The fourth-order valence-corrected chi connectivity index (χ4v) is 2.54. The molecule has 1 heterocycles. The van der Waals surface area contributed by atoms with Crippen LogP contribution in [0.2, 0.25) is 0 Å². The Morgan fingerprint density at radius 2 is 1.65 bits per heavy atom. The molecule has 0 amide bonds. The molecule has 0 saturated carbocycles. The standard InChI is InChI=1S/C15H26N2/c1-11(2)15(12(3)4)14-8-7-13(9-16-14)10-17(5)6/h7-9,11-12,15H,10H2,1-6H3. The molecule has 0 unspecified atom stereocenters. The third-order valence-corrected chi connectivity index (χ3v) is 3.12. The number of pyridine rings is 1. The molecule has 0 spiro atoms. The van der Waals surface area contributed by atoms with Crippen LogP contribution in [-0.4, -0.2) is 24.0 Å². The van der Waals surface area contributed by atoms with E-state index in [-0.39, 0.29) is 0 Å². The predicted octanol–water partition coefficient (Wildman–Crippen LogP) is 3.54. The summed E-state index contributed by atoms with van der Waals surface area (Å²) in [6.45, 7) is 10.1. The van der Waals surface area contributed by atoms with Crippen LogP contribution in [0.4, 0.5) is 0 Å². The topological polar surface area (TPSA) is 16.1 Å². The summed E-state index contributed by atoms with van der Waals surface area (Å²) >= 11 is 0. The van der Waals surface area contributed by atoms with E-state index in [4.69, 9.17) is 0 Å². The highest BCUT2D eigenvalue weighted by Gasteiger charge is 2.20. The molecule has 2 nitrogen and oxygen atoms in total. The van der Waals surface area contributed by atoms with Crippen molar-refractivity contribution in [2.45, 2.75) is 40.2 Å². The fourth-order valence-electron chi connectivity index (χ4n) is 2.54. The van der Waals surface area contributed by atoms with Crippen LogP contribution in [-0.2, 0) is 6.54 Å². The van der Waals surface area contributed by atoms with E-state index in [9.17, 15) is 0 Å². The van der Waals surface area contributed by atoms with Crippen molar-refractivity contribution in [2.75, 3.05) is 14.1 Å². The Bertz CT molecular complexity index is 317. The Kier molecular flexibility index (Phi) is 5.13. The zero-order valence-corrected chi connectivity index (χ0v) is 12.1. The molecule has 0 aliphatic carbocycles. The Balaban J connectivity index is 2.85. The van der Waals surface area contributed by atoms with Gasteiger partial charge in [0, 0.05) is 24.4 Å². The van der Waals surface area contributed by atoms with Crippen molar-refractivity contribution >= 4 is 0 Å². The Morgan fingerprint density at radius 1 is 1.06 bits per heavy atom. The van der Waals surface area contributed by atoms with Crippen molar-refractivity contribution in [3.63, 3.8) is 0 Å². The van der Waals surface area contributed by atoms with E-state index in [1.54, 1.807) is 0 Å². The second-order valence-electron chi connectivity index (χ2n) is 5.84. The minimum Gasteiger partial charge on any atom is -0.305 e. The Labute approximate surface area is 106 Å². The van der Waals surface area contributed by atoms with Crippen molar-refractivity contribution < 1.29 is 0 Å². The van der Waals surface area contributed by atoms with Crippen molar-refractivity contribution in [1.82, 2.24) is 9.88 Å². The summed E-state index contributed by atoms with van der Waals surface area (Å²) in [6, 6.07) is 4.41. The van der Waals surface area contributed by atoms with Crippen LogP contribution in [0.15, 0.2) is 18.3 Å². The van der Waals surface area contributed by atoms with Gasteiger partial charge in [-0.2, -0.15) is 0 Å². The number of nitrogens with zero attached hydrogens (tertiary/aromatic N) is 2. The quantitative estimate of drug-likeness (QED) is 0.774. The van der Waals surface area contributed by atoms with Gasteiger partial charge in [-0.15, -0.1) is 0 Å². The third kappa shape index (κ3) is 4.12. The fraction of sp³-hybridized carbons (Fsp3) is 0.667. The molecule has 2 heteroatoms. The van der Waals surface area contributed by atoms with Gasteiger partial charge in [0.1, 0.15) is 0 Å². The van der Waals surface area contributed by atoms with Gasteiger partial charge >= 0.3 is 0 Å². The molecule has 0 aliphatic heterocycles. The molecular weight excluding hydrogens is 208 g/mol. The van der Waals surface area contributed by atoms with E-state index in [1.807, 2.05) is 6.20 Å². The van der Waals surface area contributed by atoms with Gasteiger partial charge in [-0.3, -0.25) is 4.98 Å². The number of rotatable bonds is 5. The van der Waals surface area contributed by atoms with Gasteiger partial charge in [0.05, 0.1) is 0 Å². The van der Waals surface area contributed by atoms with Crippen LogP contribution >= 0.6 is 0 Å². The van der Waals surface area contributed by atoms with Crippen LogP contribution in [0.1, 0.15) is 44.9 Å².